The fourth-order valence-corrected chi connectivity index (χ4v) is 2.62. The van der Waals surface area contributed by atoms with Gasteiger partial charge in [-0.3, -0.25) is 9.97 Å². The molecule has 3 aromatic rings. The smallest absolute Gasteiger partial charge is 0.0735 e. The van der Waals surface area contributed by atoms with Crippen LogP contribution in [0.1, 0.15) is 28.4 Å². The predicted molar refractivity (Wildman–Crippen MR) is 81.5 cm³/mol. The average molecular weight is 263 g/mol. The Morgan fingerprint density at radius 2 is 1.95 bits per heavy atom. The van der Waals surface area contributed by atoms with Crippen LogP contribution in [0.15, 0.2) is 48.9 Å². The van der Waals surface area contributed by atoms with Gasteiger partial charge in [0.1, 0.15) is 0 Å². The first-order chi connectivity index (χ1) is 9.66. The van der Waals surface area contributed by atoms with Crippen LogP contribution in [0.4, 0.5) is 0 Å². The summed E-state index contributed by atoms with van der Waals surface area (Å²) in [5.74, 6) is 0. The van der Waals surface area contributed by atoms with Crippen molar-refractivity contribution in [1.29, 1.82) is 0 Å². The highest BCUT2D eigenvalue weighted by Gasteiger charge is 2.15. The lowest BCUT2D eigenvalue weighted by molar-refractivity contribution is 0.822. The van der Waals surface area contributed by atoms with E-state index in [1.54, 1.807) is 6.20 Å². The number of rotatable bonds is 2. The summed E-state index contributed by atoms with van der Waals surface area (Å²) in [4.78, 5) is 8.68. The summed E-state index contributed by atoms with van der Waals surface area (Å²) in [5, 5.41) is 2.24. The third kappa shape index (κ3) is 2.17. The van der Waals surface area contributed by atoms with Crippen LogP contribution >= 0.6 is 0 Å². The van der Waals surface area contributed by atoms with Gasteiger partial charge in [-0.25, -0.2) is 0 Å². The molecule has 0 spiro atoms. The Morgan fingerprint density at radius 1 is 1.10 bits per heavy atom. The van der Waals surface area contributed by atoms with Crippen LogP contribution in [-0.4, -0.2) is 9.97 Å². The summed E-state index contributed by atoms with van der Waals surface area (Å²) in [6.45, 7) is 4.10. The zero-order valence-corrected chi connectivity index (χ0v) is 11.7. The van der Waals surface area contributed by atoms with Crippen LogP contribution in [0, 0.1) is 13.8 Å². The number of fused-ring (bicyclic) bond motifs is 1. The maximum absolute atomic E-state index is 6.45. The highest BCUT2D eigenvalue weighted by atomic mass is 14.8. The third-order valence-corrected chi connectivity index (χ3v) is 3.60. The van der Waals surface area contributed by atoms with Crippen molar-refractivity contribution in [2.24, 2.45) is 5.73 Å². The molecule has 3 rings (SSSR count). The van der Waals surface area contributed by atoms with Gasteiger partial charge in [0.25, 0.3) is 0 Å². The van der Waals surface area contributed by atoms with Gasteiger partial charge in [-0.2, -0.15) is 0 Å². The second-order valence-electron chi connectivity index (χ2n) is 5.14. The normalized spacial score (nSPS) is 12.6. The van der Waals surface area contributed by atoms with E-state index in [0.717, 1.165) is 33.2 Å². The van der Waals surface area contributed by atoms with Crippen molar-refractivity contribution < 1.29 is 0 Å². The second-order valence-corrected chi connectivity index (χ2v) is 5.14. The molecule has 0 amide bonds. The molecule has 3 heteroatoms. The Bertz CT molecular complexity index is 760. The molecule has 1 aromatic carbocycles. The van der Waals surface area contributed by atoms with E-state index in [2.05, 4.69) is 29.0 Å². The molecule has 0 saturated carbocycles. The molecule has 0 aliphatic heterocycles. The molecule has 0 saturated heterocycles. The SMILES string of the molecule is Cc1cnc(C(N)c2cccc3cnccc23)c(C)c1. The van der Waals surface area contributed by atoms with Crippen LogP contribution in [0.2, 0.25) is 0 Å². The number of benzene rings is 1. The van der Waals surface area contributed by atoms with Gasteiger partial charge in [-0.15, -0.1) is 0 Å². The van der Waals surface area contributed by atoms with Gasteiger partial charge in [0.05, 0.1) is 11.7 Å². The Hall–Kier alpha value is -2.26. The van der Waals surface area contributed by atoms with Crippen LogP contribution in [0.3, 0.4) is 0 Å². The molecule has 0 aliphatic rings. The van der Waals surface area contributed by atoms with E-state index in [1.165, 1.54) is 0 Å². The van der Waals surface area contributed by atoms with Gasteiger partial charge >= 0.3 is 0 Å². The fraction of sp³-hybridized carbons (Fsp3) is 0.176. The van der Waals surface area contributed by atoms with Crippen LogP contribution in [-0.2, 0) is 0 Å². The van der Waals surface area contributed by atoms with Gasteiger partial charge in [-0.1, -0.05) is 24.3 Å². The molecule has 0 aliphatic carbocycles. The van der Waals surface area contributed by atoms with Gasteiger partial charge in [0.2, 0.25) is 0 Å². The maximum Gasteiger partial charge on any atom is 0.0735 e. The van der Waals surface area contributed by atoms with Crippen molar-refractivity contribution in [2.45, 2.75) is 19.9 Å². The minimum absolute atomic E-state index is 0.221. The molecule has 1 unspecified atom stereocenters. The molecule has 100 valence electrons. The van der Waals surface area contributed by atoms with Gasteiger partial charge in [0.15, 0.2) is 0 Å². The Morgan fingerprint density at radius 3 is 2.75 bits per heavy atom. The summed E-state index contributed by atoms with van der Waals surface area (Å²) in [7, 11) is 0. The first-order valence-electron chi connectivity index (χ1n) is 6.68. The van der Waals surface area contributed by atoms with Gasteiger partial charge < -0.3 is 5.73 Å². The minimum atomic E-state index is -0.221. The maximum atomic E-state index is 6.45. The van der Waals surface area contributed by atoms with Crippen molar-refractivity contribution in [3.63, 3.8) is 0 Å². The lowest BCUT2D eigenvalue weighted by atomic mass is 9.96. The summed E-state index contributed by atoms with van der Waals surface area (Å²) in [6, 6.07) is 10.0. The number of hydrogen-bond acceptors (Lipinski definition) is 3. The van der Waals surface area contributed by atoms with Crippen molar-refractivity contribution >= 4 is 10.8 Å². The molecule has 0 bridgehead atoms. The van der Waals surface area contributed by atoms with E-state index < -0.39 is 0 Å². The number of aryl methyl sites for hydroxylation is 2. The zero-order valence-electron chi connectivity index (χ0n) is 11.7. The van der Waals surface area contributed by atoms with Gasteiger partial charge in [0, 0.05) is 24.0 Å². The largest absolute Gasteiger partial charge is 0.319 e. The molecule has 2 heterocycles. The quantitative estimate of drug-likeness (QED) is 0.771. The number of hydrogen-bond donors (Lipinski definition) is 1. The third-order valence-electron chi connectivity index (χ3n) is 3.60. The highest BCUT2D eigenvalue weighted by Crippen LogP contribution is 2.27. The predicted octanol–water partition coefficient (Wildman–Crippen LogP) is 3.29. The Kier molecular flexibility index (Phi) is 3.20. The molecular formula is C17H17N3. The molecule has 3 nitrogen and oxygen atoms in total. The number of nitrogens with zero attached hydrogens (tertiary/aromatic N) is 2. The topological polar surface area (TPSA) is 51.8 Å². The molecule has 1 atom stereocenters. The molecule has 0 radical (unpaired) electrons. The molecule has 0 fully saturated rings. The summed E-state index contributed by atoms with van der Waals surface area (Å²) >= 11 is 0. The summed E-state index contributed by atoms with van der Waals surface area (Å²) in [6.07, 6.45) is 5.53. The second kappa shape index (κ2) is 5.02. The van der Waals surface area contributed by atoms with Crippen molar-refractivity contribution in [3.8, 4) is 0 Å². The highest BCUT2D eigenvalue weighted by molar-refractivity contribution is 5.85. The van der Waals surface area contributed by atoms with E-state index in [0.29, 0.717) is 0 Å². The van der Waals surface area contributed by atoms with E-state index in [9.17, 15) is 0 Å². The summed E-state index contributed by atoms with van der Waals surface area (Å²) < 4.78 is 0. The minimum Gasteiger partial charge on any atom is -0.319 e. The average Bonchev–Trinajstić information content (AvgIpc) is 2.46. The van der Waals surface area contributed by atoms with E-state index in [-0.39, 0.29) is 6.04 Å². The van der Waals surface area contributed by atoms with Crippen LogP contribution < -0.4 is 5.73 Å². The Labute approximate surface area is 118 Å². The van der Waals surface area contributed by atoms with E-state index in [1.807, 2.05) is 37.5 Å². The number of pyridine rings is 2. The van der Waals surface area contributed by atoms with Crippen molar-refractivity contribution in [3.05, 3.63) is 71.3 Å². The molecule has 2 aromatic heterocycles. The lowest BCUT2D eigenvalue weighted by Gasteiger charge is -2.16. The summed E-state index contributed by atoms with van der Waals surface area (Å²) in [5.41, 5.74) is 10.7. The zero-order chi connectivity index (χ0) is 14.1. The Balaban J connectivity index is 2.15. The van der Waals surface area contributed by atoms with Crippen molar-refractivity contribution in [2.75, 3.05) is 0 Å². The van der Waals surface area contributed by atoms with Crippen LogP contribution in [0.5, 0.6) is 0 Å². The van der Waals surface area contributed by atoms with Crippen molar-refractivity contribution in [1.82, 2.24) is 9.97 Å². The molecule has 2 N–H and O–H groups in total. The first kappa shape index (κ1) is 12.8. The van der Waals surface area contributed by atoms with E-state index in [4.69, 9.17) is 5.73 Å². The van der Waals surface area contributed by atoms with E-state index >= 15 is 0 Å². The standard InChI is InChI=1S/C17H17N3/c1-11-8-12(2)17(20-9-11)16(18)15-5-3-4-13-10-19-7-6-14(13)15/h3-10,16H,18H2,1-2H3. The van der Waals surface area contributed by atoms with Crippen LogP contribution in [0.25, 0.3) is 10.8 Å². The lowest BCUT2D eigenvalue weighted by Crippen LogP contribution is -2.15. The first-order valence-corrected chi connectivity index (χ1v) is 6.68. The fourth-order valence-electron chi connectivity index (χ4n) is 2.62. The van der Waals surface area contributed by atoms with Gasteiger partial charge in [-0.05, 0) is 42.0 Å². The monoisotopic (exact) mass is 263 g/mol. The molecule has 20 heavy (non-hydrogen) atoms. The number of aromatic nitrogens is 2. The number of nitrogens with two attached hydrogens (primary N) is 1. The molecular weight excluding hydrogens is 246 g/mol.